The second-order valence-corrected chi connectivity index (χ2v) is 6.87. The molecule has 2 aromatic heterocycles. The molecule has 1 amide bonds. The number of nitrogens with zero attached hydrogens (tertiary/aromatic N) is 6. The Hall–Kier alpha value is -2.54. The van der Waals surface area contributed by atoms with Gasteiger partial charge in [0.05, 0.1) is 12.2 Å². The Morgan fingerprint density at radius 1 is 1.00 bits per heavy atom. The lowest BCUT2D eigenvalue weighted by atomic mass is 10.3. The summed E-state index contributed by atoms with van der Waals surface area (Å²) < 4.78 is 0. The number of hydrogen-bond acceptors (Lipinski definition) is 6. The maximum Gasteiger partial charge on any atom is 0.236 e. The first-order valence-corrected chi connectivity index (χ1v) is 9.23. The van der Waals surface area contributed by atoms with Crippen LogP contribution in [0, 0.1) is 0 Å². The predicted octanol–water partition coefficient (Wildman–Crippen LogP) is 1.18. The minimum Gasteiger partial charge on any atom is -0.338 e. The lowest BCUT2D eigenvalue weighted by molar-refractivity contribution is -0.133. The third-order valence-corrected chi connectivity index (χ3v) is 4.96. The molecular weight excluding hydrogens is 328 g/mol. The topological polar surface area (TPSA) is 65.5 Å². The first-order chi connectivity index (χ1) is 12.8. The van der Waals surface area contributed by atoms with E-state index < -0.39 is 0 Å². The molecule has 1 aliphatic carbocycles. The first kappa shape index (κ1) is 16.9. The summed E-state index contributed by atoms with van der Waals surface area (Å²) in [7, 11) is 0. The lowest BCUT2D eigenvalue weighted by Gasteiger charge is -2.35. The summed E-state index contributed by atoms with van der Waals surface area (Å²) >= 11 is 0. The molecule has 0 radical (unpaired) electrons. The van der Waals surface area contributed by atoms with E-state index in [0.29, 0.717) is 12.6 Å². The Bertz CT molecular complexity index is 713. The molecule has 2 fully saturated rings. The third-order valence-electron chi connectivity index (χ3n) is 4.96. The standard InChI is InChI=1S/C19H24N6O/c26-18(15-25(17-5-6-17)14-16-4-1-2-7-20-16)23-10-12-24(13-11-23)19-21-8-3-9-22-19/h1-4,7-9,17H,5-6,10-15H2. The summed E-state index contributed by atoms with van der Waals surface area (Å²) in [6.45, 7) is 4.22. The van der Waals surface area contributed by atoms with Crippen molar-refractivity contribution in [3.8, 4) is 0 Å². The Balaban J connectivity index is 1.31. The summed E-state index contributed by atoms with van der Waals surface area (Å²) in [6, 6.07) is 8.29. The van der Waals surface area contributed by atoms with Crippen LogP contribution >= 0.6 is 0 Å². The van der Waals surface area contributed by atoms with E-state index in [9.17, 15) is 4.79 Å². The SMILES string of the molecule is O=C(CN(Cc1ccccn1)C1CC1)N1CCN(c2ncccn2)CC1. The number of amides is 1. The molecule has 26 heavy (non-hydrogen) atoms. The van der Waals surface area contributed by atoms with Crippen molar-refractivity contribution in [3.05, 3.63) is 48.5 Å². The number of pyridine rings is 1. The molecule has 7 heteroatoms. The molecule has 3 heterocycles. The number of rotatable bonds is 6. The Kier molecular flexibility index (Phi) is 5.06. The fraction of sp³-hybridized carbons (Fsp3) is 0.474. The molecule has 0 bridgehead atoms. The molecule has 1 saturated carbocycles. The van der Waals surface area contributed by atoms with Gasteiger partial charge in [0.2, 0.25) is 11.9 Å². The smallest absolute Gasteiger partial charge is 0.236 e. The fourth-order valence-corrected chi connectivity index (χ4v) is 3.34. The molecule has 0 spiro atoms. The molecule has 2 aromatic rings. The van der Waals surface area contributed by atoms with Gasteiger partial charge in [-0.25, -0.2) is 9.97 Å². The van der Waals surface area contributed by atoms with Gasteiger partial charge in [-0.1, -0.05) is 6.07 Å². The molecule has 0 atom stereocenters. The molecule has 1 saturated heterocycles. The highest BCUT2D eigenvalue weighted by Crippen LogP contribution is 2.28. The maximum absolute atomic E-state index is 12.8. The van der Waals surface area contributed by atoms with Crippen LogP contribution in [0.25, 0.3) is 0 Å². The number of piperazine rings is 1. The van der Waals surface area contributed by atoms with Crippen LogP contribution in [0.15, 0.2) is 42.9 Å². The van der Waals surface area contributed by atoms with Gasteiger partial charge in [-0.05, 0) is 31.0 Å². The van der Waals surface area contributed by atoms with Crippen LogP contribution in [0.3, 0.4) is 0 Å². The predicted molar refractivity (Wildman–Crippen MR) is 98.5 cm³/mol. The van der Waals surface area contributed by atoms with Crippen molar-refractivity contribution in [1.29, 1.82) is 0 Å². The number of carbonyl (C=O) groups excluding carboxylic acids is 1. The van der Waals surface area contributed by atoms with E-state index in [2.05, 4.69) is 24.8 Å². The maximum atomic E-state index is 12.8. The zero-order valence-electron chi connectivity index (χ0n) is 14.9. The second kappa shape index (κ2) is 7.78. The fourth-order valence-electron chi connectivity index (χ4n) is 3.34. The van der Waals surface area contributed by atoms with Crippen molar-refractivity contribution in [3.63, 3.8) is 0 Å². The van der Waals surface area contributed by atoms with Gasteiger partial charge >= 0.3 is 0 Å². The van der Waals surface area contributed by atoms with Gasteiger partial charge in [0.25, 0.3) is 0 Å². The molecule has 1 aliphatic heterocycles. The molecule has 2 aliphatic rings. The Labute approximate surface area is 153 Å². The van der Waals surface area contributed by atoms with Gasteiger partial charge in [0.15, 0.2) is 0 Å². The molecule has 136 valence electrons. The van der Waals surface area contributed by atoms with Gasteiger partial charge in [-0.2, -0.15) is 0 Å². The largest absolute Gasteiger partial charge is 0.338 e. The van der Waals surface area contributed by atoms with Gasteiger partial charge < -0.3 is 9.80 Å². The van der Waals surface area contributed by atoms with E-state index >= 15 is 0 Å². The van der Waals surface area contributed by atoms with E-state index in [1.165, 1.54) is 12.8 Å². The zero-order chi connectivity index (χ0) is 17.8. The number of carbonyl (C=O) groups is 1. The first-order valence-electron chi connectivity index (χ1n) is 9.23. The average molecular weight is 352 g/mol. The molecule has 0 unspecified atom stereocenters. The van der Waals surface area contributed by atoms with Crippen molar-refractivity contribution in [1.82, 2.24) is 24.8 Å². The summed E-state index contributed by atoms with van der Waals surface area (Å²) in [5.41, 5.74) is 1.03. The lowest BCUT2D eigenvalue weighted by Crippen LogP contribution is -2.51. The molecule has 0 N–H and O–H groups in total. The van der Waals surface area contributed by atoms with Crippen molar-refractivity contribution in [2.24, 2.45) is 0 Å². The third kappa shape index (κ3) is 4.16. The van der Waals surface area contributed by atoms with Gasteiger partial charge in [-0.3, -0.25) is 14.7 Å². The molecule has 0 aromatic carbocycles. The minimum atomic E-state index is 0.210. The van der Waals surface area contributed by atoms with Crippen molar-refractivity contribution >= 4 is 11.9 Å². The molecular formula is C19H24N6O. The number of aromatic nitrogens is 3. The van der Waals surface area contributed by atoms with Crippen LogP contribution in [0.5, 0.6) is 0 Å². The van der Waals surface area contributed by atoms with Crippen LogP contribution in [0.4, 0.5) is 5.95 Å². The van der Waals surface area contributed by atoms with Crippen LogP contribution < -0.4 is 4.90 Å². The quantitative estimate of drug-likeness (QED) is 0.778. The van der Waals surface area contributed by atoms with E-state index in [1.54, 1.807) is 12.4 Å². The molecule has 7 nitrogen and oxygen atoms in total. The highest BCUT2D eigenvalue weighted by Gasteiger charge is 2.32. The van der Waals surface area contributed by atoms with E-state index in [0.717, 1.165) is 44.4 Å². The summed E-state index contributed by atoms with van der Waals surface area (Å²) in [6.07, 6.45) is 7.68. The summed E-state index contributed by atoms with van der Waals surface area (Å²) in [5.74, 6) is 0.954. The van der Waals surface area contributed by atoms with Crippen LogP contribution in [0.2, 0.25) is 0 Å². The Morgan fingerprint density at radius 3 is 2.38 bits per heavy atom. The van der Waals surface area contributed by atoms with Gasteiger partial charge in [0, 0.05) is 57.4 Å². The highest BCUT2D eigenvalue weighted by molar-refractivity contribution is 5.78. The van der Waals surface area contributed by atoms with Crippen LogP contribution in [-0.2, 0) is 11.3 Å². The van der Waals surface area contributed by atoms with E-state index in [-0.39, 0.29) is 5.91 Å². The second-order valence-electron chi connectivity index (χ2n) is 6.87. The van der Waals surface area contributed by atoms with Crippen LogP contribution in [-0.4, -0.2) is 69.4 Å². The summed E-state index contributed by atoms with van der Waals surface area (Å²) in [5, 5.41) is 0. The zero-order valence-corrected chi connectivity index (χ0v) is 14.9. The monoisotopic (exact) mass is 352 g/mol. The van der Waals surface area contributed by atoms with Crippen molar-refractivity contribution in [2.75, 3.05) is 37.6 Å². The highest BCUT2D eigenvalue weighted by atomic mass is 16.2. The number of anilines is 1. The van der Waals surface area contributed by atoms with Crippen molar-refractivity contribution < 1.29 is 4.79 Å². The van der Waals surface area contributed by atoms with E-state index in [4.69, 9.17) is 0 Å². The average Bonchev–Trinajstić information content (AvgIpc) is 3.54. The number of hydrogen-bond donors (Lipinski definition) is 0. The Morgan fingerprint density at radius 2 is 1.73 bits per heavy atom. The summed E-state index contributed by atoms with van der Waals surface area (Å²) in [4.78, 5) is 32.2. The minimum absolute atomic E-state index is 0.210. The van der Waals surface area contributed by atoms with E-state index in [1.807, 2.05) is 35.4 Å². The normalized spacial score (nSPS) is 17.6. The molecule has 4 rings (SSSR count). The van der Waals surface area contributed by atoms with Gasteiger partial charge in [-0.15, -0.1) is 0 Å². The van der Waals surface area contributed by atoms with Crippen molar-refractivity contribution in [2.45, 2.75) is 25.4 Å². The van der Waals surface area contributed by atoms with Crippen LogP contribution in [0.1, 0.15) is 18.5 Å². The van der Waals surface area contributed by atoms with Gasteiger partial charge in [0.1, 0.15) is 0 Å².